The van der Waals surface area contributed by atoms with Crippen molar-refractivity contribution < 1.29 is 14.3 Å². The summed E-state index contributed by atoms with van der Waals surface area (Å²) < 4.78 is 8.60. The molecule has 3 aromatic rings. The molecule has 2 aliphatic heterocycles. The molecule has 34 heavy (non-hydrogen) atoms. The van der Waals surface area contributed by atoms with Crippen molar-refractivity contribution in [3.63, 3.8) is 0 Å². The number of nitrogens with zero attached hydrogens (tertiary/aromatic N) is 3. The van der Waals surface area contributed by atoms with E-state index in [0.29, 0.717) is 31.3 Å². The highest BCUT2D eigenvalue weighted by Crippen LogP contribution is 2.42. The van der Waals surface area contributed by atoms with Gasteiger partial charge in [0.05, 0.1) is 17.5 Å². The fourth-order valence-corrected chi connectivity index (χ4v) is 5.20. The predicted molar refractivity (Wildman–Crippen MR) is 129 cm³/mol. The lowest BCUT2D eigenvalue weighted by Gasteiger charge is -2.32. The monoisotopic (exact) mass is 459 g/mol. The Kier molecular flexibility index (Phi) is 4.69. The SMILES string of the molecule is C[C@@H](Oc1nc(-c2ccc3c(c2)NC(=O)CC3(C)C)cc2ncn(C3CC3)c12)[C@H]1CNC(=O)C1. The van der Waals surface area contributed by atoms with Crippen LogP contribution in [0.2, 0.25) is 0 Å². The Balaban J connectivity index is 1.42. The first-order chi connectivity index (χ1) is 16.3. The second-order valence-electron chi connectivity index (χ2n) is 10.5. The third-order valence-electron chi connectivity index (χ3n) is 7.35. The Hall–Kier alpha value is -3.42. The number of hydrogen-bond donors (Lipinski definition) is 2. The number of pyridine rings is 1. The predicted octanol–water partition coefficient (Wildman–Crippen LogP) is 3.96. The second kappa shape index (κ2) is 7.55. The molecule has 176 valence electrons. The number of carbonyl (C=O) groups excluding carboxylic acids is 2. The van der Waals surface area contributed by atoms with E-state index in [1.807, 2.05) is 25.4 Å². The summed E-state index contributed by atoms with van der Waals surface area (Å²) in [6.07, 6.45) is 4.90. The zero-order chi connectivity index (χ0) is 23.6. The van der Waals surface area contributed by atoms with Gasteiger partial charge in [0.2, 0.25) is 17.7 Å². The van der Waals surface area contributed by atoms with E-state index in [2.05, 4.69) is 46.2 Å². The molecular weight excluding hydrogens is 430 g/mol. The number of ether oxygens (including phenoxy) is 1. The second-order valence-corrected chi connectivity index (χ2v) is 10.5. The molecule has 1 saturated heterocycles. The lowest BCUT2D eigenvalue weighted by atomic mass is 9.77. The topological polar surface area (TPSA) is 98.1 Å². The first-order valence-electron chi connectivity index (χ1n) is 12.0. The van der Waals surface area contributed by atoms with Crippen molar-refractivity contribution in [2.75, 3.05) is 11.9 Å². The molecule has 2 atom stereocenters. The van der Waals surface area contributed by atoms with E-state index in [9.17, 15) is 9.59 Å². The van der Waals surface area contributed by atoms with Crippen molar-refractivity contribution in [3.05, 3.63) is 36.2 Å². The summed E-state index contributed by atoms with van der Waals surface area (Å²) >= 11 is 0. The van der Waals surface area contributed by atoms with Gasteiger partial charge >= 0.3 is 0 Å². The maximum absolute atomic E-state index is 12.3. The molecule has 1 saturated carbocycles. The van der Waals surface area contributed by atoms with Crippen molar-refractivity contribution in [3.8, 4) is 17.1 Å². The third kappa shape index (κ3) is 3.61. The molecule has 2 fully saturated rings. The maximum atomic E-state index is 12.3. The molecule has 3 aliphatic rings. The van der Waals surface area contributed by atoms with Crippen molar-refractivity contribution in [1.82, 2.24) is 19.9 Å². The van der Waals surface area contributed by atoms with E-state index in [0.717, 1.165) is 46.4 Å². The molecule has 0 radical (unpaired) electrons. The molecule has 8 heteroatoms. The number of rotatable bonds is 5. The van der Waals surface area contributed by atoms with Gasteiger partial charge in [-0.25, -0.2) is 9.97 Å². The Morgan fingerprint density at radius 1 is 1.18 bits per heavy atom. The summed E-state index contributed by atoms with van der Waals surface area (Å²) in [6.45, 7) is 6.80. The first-order valence-corrected chi connectivity index (χ1v) is 12.0. The number of aromatic nitrogens is 3. The normalized spacial score (nSPS) is 22.3. The van der Waals surface area contributed by atoms with Crippen LogP contribution < -0.4 is 15.4 Å². The van der Waals surface area contributed by atoms with Crippen LogP contribution in [0.4, 0.5) is 5.69 Å². The zero-order valence-corrected chi connectivity index (χ0v) is 19.7. The van der Waals surface area contributed by atoms with E-state index < -0.39 is 0 Å². The van der Waals surface area contributed by atoms with Gasteiger partial charge in [-0.1, -0.05) is 26.0 Å². The quantitative estimate of drug-likeness (QED) is 0.602. The molecule has 6 rings (SSSR count). The molecule has 1 aliphatic carbocycles. The molecule has 8 nitrogen and oxygen atoms in total. The Labute approximate surface area is 198 Å². The van der Waals surface area contributed by atoms with Crippen molar-refractivity contribution in [2.45, 2.75) is 64.0 Å². The summed E-state index contributed by atoms with van der Waals surface area (Å²) in [5.74, 6) is 0.741. The van der Waals surface area contributed by atoms with Crippen LogP contribution in [0.5, 0.6) is 5.88 Å². The average molecular weight is 460 g/mol. The van der Waals surface area contributed by atoms with Gasteiger partial charge < -0.3 is 19.9 Å². The number of anilines is 1. The van der Waals surface area contributed by atoms with Gasteiger partial charge in [-0.05, 0) is 37.5 Å². The smallest absolute Gasteiger partial charge is 0.241 e. The van der Waals surface area contributed by atoms with Crippen LogP contribution >= 0.6 is 0 Å². The summed E-state index contributed by atoms with van der Waals surface area (Å²) in [6, 6.07) is 8.55. The van der Waals surface area contributed by atoms with Crippen LogP contribution in [0, 0.1) is 5.92 Å². The molecular formula is C26H29N5O3. The summed E-state index contributed by atoms with van der Waals surface area (Å²) in [5.41, 5.74) is 5.12. The summed E-state index contributed by atoms with van der Waals surface area (Å²) in [5, 5.41) is 5.91. The van der Waals surface area contributed by atoms with Gasteiger partial charge in [-0.15, -0.1) is 0 Å². The van der Waals surface area contributed by atoms with Crippen molar-refractivity contribution in [2.24, 2.45) is 5.92 Å². The standard InChI is InChI=1S/C26H29N5O3/c1-14(16-9-22(32)27-12-16)34-25-24-21(28-13-31(24)17-5-6-17)10-19(30-25)15-4-7-18-20(8-15)29-23(33)11-26(18,2)3/h4,7-8,10,13-14,16-17H,5-6,9,11-12H2,1-3H3,(H,27,32)(H,29,33)/t14-,16-/m1/s1. The average Bonchev–Trinajstić information content (AvgIpc) is 3.38. The Morgan fingerprint density at radius 3 is 2.74 bits per heavy atom. The van der Waals surface area contributed by atoms with Gasteiger partial charge in [0, 0.05) is 48.0 Å². The molecule has 0 bridgehead atoms. The van der Waals surface area contributed by atoms with Crippen molar-refractivity contribution >= 4 is 28.5 Å². The highest BCUT2D eigenvalue weighted by Gasteiger charge is 2.33. The first kappa shape index (κ1) is 21.1. The van der Waals surface area contributed by atoms with Crippen LogP contribution in [0.25, 0.3) is 22.3 Å². The van der Waals surface area contributed by atoms with Gasteiger partial charge in [0.15, 0.2) is 0 Å². The summed E-state index contributed by atoms with van der Waals surface area (Å²) in [4.78, 5) is 33.6. The minimum absolute atomic E-state index is 0.0267. The number of imidazole rings is 1. The van der Waals surface area contributed by atoms with E-state index in [4.69, 9.17) is 9.72 Å². The molecule has 1 aromatic carbocycles. The highest BCUT2D eigenvalue weighted by molar-refractivity contribution is 5.96. The van der Waals surface area contributed by atoms with Crippen LogP contribution in [-0.4, -0.2) is 39.0 Å². The van der Waals surface area contributed by atoms with Crippen LogP contribution in [0.15, 0.2) is 30.6 Å². The lowest BCUT2D eigenvalue weighted by molar-refractivity contribution is -0.119. The molecule has 0 spiro atoms. The molecule has 2 aromatic heterocycles. The number of benzene rings is 1. The van der Waals surface area contributed by atoms with Crippen LogP contribution in [0.1, 0.15) is 58.1 Å². The minimum atomic E-state index is -0.215. The van der Waals surface area contributed by atoms with Crippen LogP contribution in [-0.2, 0) is 15.0 Å². The fourth-order valence-electron chi connectivity index (χ4n) is 5.20. The van der Waals surface area contributed by atoms with E-state index in [1.165, 1.54) is 0 Å². The van der Waals surface area contributed by atoms with Crippen LogP contribution in [0.3, 0.4) is 0 Å². The van der Waals surface area contributed by atoms with Gasteiger partial charge in [0.1, 0.15) is 11.6 Å². The number of fused-ring (bicyclic) bond motifs is 2. The Morgan fingerprint density at radius 2 is 2.00 bits per heavy atom. The minimum Gasteiger partial charge on any atom is -0.473 e. The largest absolute Gasteiger partial charge is 0.473 e. The Bertz CT molecular complexity index is 1320. The number of hydrogen-bond acceptors (Lipinski definition) is 5. The lowest BCUT2D eigenvalue weighted by Crippen LogP contribution is -2.32. The molecule has 2 amide bonds. The van der Waals surface area contributed by atoms with E-state index in [-0.39, 0.29) is 29.3 Å². The van der Waals surface area contributed by atoms with Gasteiger partial charge in [-0.3, -0.25) is 9.59 Å². The van der Waals surface area contributed by atoms with E-state index in [1.54, 1.807) is 0 Å². The van der Waals surface area contributed by atoms with Gasteiger partial charge in [-0.2, -0.15) is 0 Å². The van der Waals surface area contributed by atoms with E-state index >= 15 is 0 Å². The third-order valence-corrected chi connectivity index (χ3v) is 7.35. The maximum Gasteiger partial charge on any atom is 0.241 e. The molecule has 2 N–H and O–H groups in total. The number of nitrogens with one attached hydrogen (secondary N) is 2. The number of amides is 2. The van der Waals surface area contributed by atoms with Crippen molar-refractivity contribution in [1.29, 1.82) is 0 Å². The number of carbonyl (C=O) groups is 2. The highest BCUT2D eigenvalue weighted by atomic mass is 16.5. The molecule has 0 unspecified atom stereocenters. The van der Waals surface area contributed by atoms with Gasteiger partial charge in [0.25, 0.3) is 0 Å². The fraction of sp³-hybridized carbons (Fsp3) is 0.462. The molecule has 4 heterocycles. The summed E-state index contributed by atoms with van der Waals surface area (Å²) in [7, 11) is 0. The zero-order valence-electron chi connectivity index (χ0n) is 19.7.